The third-order valence-corrected chi connectivity index (χ3v) is 3.31. The van der Waals surface area contributed by atoms with Crippen LogP contribution in [0.3, 0.4) is 0 Å². The van der Waals surface area contributed by atoms with Crippen molar-refractivity contribution in [2.45, 2.75) is 13.5 Å². The molecule has 1 amide bonds. The van der Waals surface area contributed by atoms with E-state index in [1.165, 1.54) is 16.1 Å². The molecule has 0 bridgehead atoms. The van der Waals surface area contributed by atoms with Crippen molar-refractivity contribution in [3.63, 3.8) is 0 Å². The molecule has 0 spiro atoms. The molecule has 0 aromatic heterocycles. The van der Waals surface area contributed by atoms with Crippen molar-refractivity contribution in [2.75, 3.05) is 10.6 Å². The van der Waals surface area contributed by atoms with Crippen LogP contribution in [0.15, 0.2) is 48.5 Å². The van der Waals surface area contributed by atoms with Crippen molar-refractivity contribution in [1.29, 1.82) is 0 Å². The Morgan fingerprint density at radius 1 is 1.11 bits per heavy atom. The van der Waals surface area contributed by atoms with Crippen LogP contribution >= 0.6 is 22.6 Å². The number of rotatable bonds is 4. The highest BCUT2D eigenvalue weighted by molar-refractivity contribution is 14.1. The molecule has 0 atom stereocenters. The van der Waals surface area contributed by atoms with E-state index in [4.69, 9.17) is 0 Å². The number of hydrogen-bond acceptors (Lipinski definition) is 2. The van der Waals surface area contributed by atoms with E-state index >= 15 is 0 Å². The quantitative estimate of drug-likeness (QED) is 0.807. The predicted molar refractivity (Wildman–Crippen MR) is 87.2 cm³/mol. The number of carbonyl (C=O) groups is 1. The Morgan fingerprint density at radius 3 is 2.47 bits per heavy atom. The molecule has 0 heterocycles. The van der Waals surface area contributed by atoms with Gasteiger partial charge in [0.05, 0.1) is 0 Å². The molecule has 19 heavy (non-hydrogen) atoms. The number of halogens is 1. The minimum Gasteiger partial charge on any atom is -0.381 e. The second-order valence-electron chi connectivity index (χ2n) is 4.24. The van der Waals surface area contributed by atoms with Crippen molar-refractivity contribution in [3.8, 4) is 0 Å². The van der Waals surface area contributed by atoms with Crippen molar-refractivity contribution in [1.82, 2.24) is 0 Å². The maximum absolute atomic E-state index is 11.0. The molecular formula is C15H15IN2O. The van der Waals surface area contributed by atoms with E-state index in [1.54, 1.807) is 0 Å². The van der Waals surface area contributed by atoms with E-state index in [-0.39, 0.29) is 5.91 Å². The van der Waals surface area contributed by atoms with Gasteiger partial charge in [0, 0.05) is 28.4 Å². The van der Waals surface area contributed by atoms with Crippen LogP contribution in [-0.2, 0) is 11.3 Å². The second kappa shape index (κ2) is 6.56. The van der Waals surface area contributed by atoms with Gasteiger partial charge in [-0.2, -0.15) is 0 Å². The summed E-state index contributed by atoms with van der Waals surface area (Å²) < 4.78 is 1.23. The van der Waals surface area contributed by atoms with Gasteiger partial charge < -0.3 is 10.6 Å². The standard InChI is InChI=1S/C15H15IN2O/c1-11(19)18-15-4-2-3-14(9-15)17-10-12-5-7-13(16)8-6-12/h2-9,17H,10H2,1H3,(H,18,19). The van der Waals surface area contributed by atoms with E-state index in [2.05, 4.69) is 57.5 Å². The Bertz CT molecular complexity index is 567. The molecule has 3 nitrogen and oxygen atoms in total. The van der Waals surface area contributed by atoms with Crippen molar-refractivity contribution in [2.24, 2.45) is 0 Å². The Hall–Kier alpha value is -1.56. The number of benzene rings is 2. The molecule has 0 saturated carbocycles. The highest BCUT2D eigenvalue weighted by Gasteiger charge is 1.98. The molecule has 0 saturated heterocycles. The van der Waals surface area contributed by atoms with Crippen LogP contribution in [0.25, 0.3) is 0 Å². The van der Waals surface area contributed by atoms with Gasteiger partial charge in [-0.05, 0) is 58.5 Å². The fraction of sp³-hybridized carbons (Fsp3) is 0.133. The summed E-state index contributed by atoms with van der Waals surface area (Å²) in [6.07, 6.45) is 0. The minimum atomic E-state index is -0.0604. The topological polar surface area (TPSA) is 41.1 Å². The SMILES string of the molecule is CC(=O)Nc1cccc(NCc2ccc(I)cc2)c1. The molecule has 98 valence electrons. The van der Waals surface area contributed by atoms with Gasteiger partial charge in [-0.1, -0.05) is 18.2 Å². The summed E-state index contributed by atoms with van der Waals surface area (Å²) in [4.78, 5) is 11.0. The van der Waals surface area contributed by atoms with Gasteiger partial charge in [0.15, 0.2) is 0 Å². The maximum Gasteiger partial charge on any atom is 0.221 e. The van der Waals surface area contributed by atoms with Crippen molar-refractivity contribution in [3.05, 3.63) is 57.7 Å². The van der Waals surface area contributed by atoms with E-state index in [0.29, 0.717) is 0 Å². The fourth-order valence-corrected chi connectivity index (χ4v) is 2.08. The molecule has 0 fully saturated rings. The molecule has 2 N–H and O–H groups in total. The molecular weight excluding hydrogens is 351 g/mol. The smallest absolute Gasteiger partial charge is 0.221 e. The number of anilines is 2. The van der Waals surface area contributed by atoms with Gasteiger partial charge in [-0.3, -0.25) is 4.79 Å². The first-order chi connectivity index (χ1) is 9.13. The van der Waals surface area contributed by atoms with Crippen LogP contribution in [0.1, 0.15) is 12.5 Å². The van der Waals surface area contributed by atoms with Crippen LogP contribution in [0.5, 0.6) is 0 Å². The summed E-state index contributed by atoms with van der Waals surface area (Å²) in [6.45, 7) is 2.27. The van der Waals surface area contributed by atoms with Gasteiger partial charge in [0.1, 0.15) is 0 Å². The number of carbonyl (C=O) groups excluding carboxylic acids is 1. The van der Waals surface area contributed by atoms with Crippen LogP contribution in [-0.4, -0.2) is 5.91 Å². The highest BCUT2D eigenvalue weighted by Crippen LogP contribution is 2.16. The zero-order valence-electron chi connectivity index (χ0n) is 10.6. The average Bonchev–Trinajstić information content (AvgIpc) is 2.38. The number of amides is 1. The zero-order valence-corrected chi connectivity index (χ0v) is 12.8. The molecule has 0 aliphatic rings. The summed E-state index contributed by atoms with van der Waals surface area (Å²) in [6, 6.07) is 16.1. The maximum atomic E-state index is 11.0. The summed E-state index contributed by atoms with van der Waals surface area (Å²) in [7, 11) is 0. The van der Waals surface area contributed by atoms with Gasteiger partial charge in [0.2, 0.25) is 5.91 Å². The third kappa shape index (κ3) is 4.55. The van der Waals surface area contributed by atoms with Gasteiger partial charge in [-0.25, -0.2) is 0 Å². The minimum absolute atomic E-state index is 0.0604. The monoisotopic (exact) mass is 366 g/mol. The first-order valence-electron chi connectivity index (χ1n) is 5.99. The Morgan fingerprint density at radius 2 is 1.79 bits per heavy atom. The van der Waals surface area contributed by atoms with Crippen molar-refractivity contribution < 1.29 is 4.79 Å². The predicted octanol–water partition coefficient (Wildman–Crippen LogP) is 3.86. The van der Waals surface area contributed by atoms with Crippen LogP contribution in [0.2, 0.25) is 0 Å². The number of hydrogen-bond donors (Lipinski definition) is 2. The van der Waals surface area contributed by atoms with Crippen LogP contribution in [0.4, 0.5) is 11.4 Å². The van der Waals surface area contributed by atoms with Gasteiger partial charge in [0.25, 0.3) is 0 Å². The lowest BCUT2D eigenvalue weighted by molar-refractivity contribution is -0.114. The van der Waals surface area contributed by atoms with Crippen LogP contribution < -0.4 is 10.6 Å². The Balaban J connectivity index is 1.99. The largest absolute Gasteiger partial charge is 0.381 e. The summed E-state index contributed by atoms with van der Waals surface area (Å²) in [5, 5.41) is 6.11. The van der Waals surface area contributed by atoms with E-state index in [0.717, 1.165) is 17.9 Å². The van der Waals surface area contributed by atoms with Gasteiger partial charge >= 0.3 is 0 Å². The highest BCUT2D eigenvalue weighted by atomic mass is 127. The Labute approximate surface area is 126 Å². The molecule has 0 unspecified atom stereocenters. The summed E-state index contributed by atoms with van der Waals surface area (Å²) in [5.74, 6) is -0.0604. The van der Waals surface area contributed by atoms with E-state index < -0.39 is 0 Å². The van der Waals surface area contributed by atoms with Crippen LogP contribution in [0, 0.1) is 3.57 Å². The normalized spacial score (nSPS) is 10.0. The first kappa shape index (κ1) is 13.9. The fourth-order valence-electron chi connectivity index (χ4n) is 1.72. The first-order valence-corrected chi connectivity index (χ1v) is 7.07. The third-order valence-electron chi connectivity index (χ3n) is 2.59. The average molecular weight is 366 g/mol. The van der Waals surface area contributed by atoms with Crippen molar-refractivity contribution >= 4 is 39.9 Å². The Kier molecular flexibility index (Phi) is 4.79. The second-order valence-corrected chi connectivity index (χ2v) is 5.49. The molecule has 4 heteroatoms. The molecule has 0 aliphatic carbocycles. The van der Waals surface area contributed by atoms with E-state index in [1.807, 2.05) is 24.3 Å². The molecule has 0 radical (unpaired) electrons. The number of nitrogens with one attached hydrogen (secondary N) is 2. The molecule has 2 aromatic rings. The lowest BCUT2D eigenvalue weighted by atomic mass is 10.2. The van der Waals surface area contributed by atoms with E-state index in [9.17, 15) is 4.79 Å². The van der Waals surface area contributed by atoms with Gasteiger partial charge in [-0.15, -0.1) is 0 Å². The molecule has 2 aromatic carbocycles. The lowest BCUT2D eigenvalue weighted by Gasteiger charge is -2.09. The molecule has 0 aliphatic heterocycles. The zero-order chi connectivity index (χ0) is 13.7. The lowest BCUT2D eigenvalue weighted by Crippen LogP contribution is -2.06. The summed E-state index contributed by atoms with van der Waals surface area (Å²) in [5.41, 5.74) is 3.02. The molecule has 2 rings (SSSR count). The summed E-state index contributed by atoms with van der Waals surface area (Å²) >= 11 is 2.29.